The Morgan fingerprint density at radius 3 is 1.35 bits per heavy atom. The molecule has 0 aromatic rings. The van der Waals surface area contributed by atoms with Crippen LogP contribution in [-0.4, -0.2) is 87.5 Å². The van der Waals surface area contributed by atoms with Gasteiger partial charge in [0.25, 0.3) is 0 Å². The Bertz CT molecular complexity index is 1160. The van der Waals surface area contributed by atoms with Crippen molar-refractivity contribution in [3.8, 4) is 0 Å². The van der Waals surface area contributed by atoms with Crippen LogP contribution in [0.5, 0.6) is 0 Å². The number of nitrogens with one attached hydrogen (secondary N) is 1. The van der Waals surface area contributed by atoms with Crippen LogP contribution in [0, 0.1) is 0 Å². The van der Waals surface area contributed by atoms with E-state index in [9.17, 15) is 30.3 Å². The fraction of sp³-hybridized carbons (Fsp3) is 0.881. The first-order valence-electron chi connectivity index (χ1n) is 29.2. The van der Waals surface area contributed by atoms with E-state index in [1.165, 1.54) is 180 Å². The molecule has 400 valence electrons. The highest BCUT2D eigenvalue weighted by atomic mass is 16.7. The van der Waals surface area contributed by atoms with Crippen LogP contribution in [0.1, 0.15) is 277 Å². The van der Waals surface area contributed by atoms with E-state index in [4.69, 9.17) is 9.47 Å². The quantitative estimate of drug-likeness (QED) is 0.0261. The molecule has 7 unspecified atom stereocenters. The van der Waals surface area contributed by atoms with Crippen molar-refractivity contribution in [1.29, 1.82) is 0 Å². The molecule has 1 aliphatic rings. The topological polar surface area (TPSA) is 149 Å². The zero-order chi connectivity index (χ0) is 49.4. The molecule has 68 heavy (non-hydrogen) atoms. The van der Waals surface area contributed by atoms with Gasteiger partial charge in [-0.25, -0.2) is 0 Å². The Morgan fingerprint density at radius 2 is 0.912 bits per heavy atom. The third kappa shape index (κ3) is 38.1. The van der Waals surface area contributed by atoms with Crippen LogP contribution >= 0.6 is 0 Å². The molecule has 6 N–H and O–H groups in total. The van der Waals surface area contributed by atoms with Crippen LogP contribution in [0.2, 0.25) is 0 Å². The van der Waals surface area contributed by atoms with Crippen molar-refractivity contribution in [3.63, 3.8) is 0 Å². The molecule has 9 nitrogen and oxygen atoms in total. The molecule has 1 saturated heterocycles. The van der Waals surface area contributed by atoms with Gasteiger partial charge < -0.3 is 40.3 Å². The number of amides is 1. The van der Waals surface area contributed by atoms with Gasteiger partial charge in [0.15, 0.2) is 6.29 Å². The lowest BCUT2D eigenvalue weighted by Gasteiger charge is -2.40. The summed E-state index contributed by atoms with van der Waals surface area (Å²) in [5, 5.41) is 54.7. The zero-order valence-corrected chi connectivity index (χ0v) is 44.4. The Morgan fingerprint density at radius 1 is 0.515 bits per heavy atom. The third-order valence-electron chi connectivity index (χ3n) is 14.0. The first-order valence-corrected chi connectivity index (χ1v) is 29.2. The summed E-state index contributed by atoms with van der Waals surface area (Å²) in [6.45, 7) is 3.75. The van der Waals surface area contributed by atoms with Crippen LogP contribution in [0.3, 0.4) is 0 Å². The number of rotatable bonds is 50. The maximum absolute atomic E-state index is 13.1. The van der Waals surface area contributed by atoms with E-state index in [1.807, 2.05) is 0 Å². The SMILES string of the molecule is CC/C=C\C/C=C\C/C=C\CCCCCCCCCC(=O)NC(COC1OC(CO)C(O)C(O)C1O)C(O)CCCCCCCCCCCCCCCCCCCCCCCCCCCCCC. The molecule has 7 atom stereocenters. The lowest BCUT2D eigenvalue weighted by molar-refractivity contribution is -0.302. The lowest BCUT2D eigenvalue weighted by Crippen LogP contribution is -2.60. The van der Waals surface area contributed by atoms with Crippen molar-refractivity contribution in [2.75, 3.05) is 13.2 Å². The van der Waals surface area contributed by atoms with E-state index in [0.29, 0.717) is 12.8 Å². The van der Waals surface area contributed by atoms with Gasteiger partial charge in [0.2, 0.25) is 5.91 Å². The number of carbonyl (C=O) groups is 1. The molecule has 0 bridgehead atoms. The molecule has 0 aliphatic carbocycles. The molecule has 1 amide bonds. The predicted molar refractivity (Wildman–Crippen MR) is 286 cm³/mol. The van der Waals surface area contributed by atoms with Gasteiger partial charge >= 0.3 is 0 Å². The largest absolute Gasteiger partial charge is 0.394 e. The van der Waals surface area contributed by atoms with Gasteiger partial charge in [0.05, 0.1) is 25.4 Å². The van der Waals surface area contributed by atoms with E-state index in [-0.39, 0.29) is 12.5 Å². The first kappa shape index (κ1) is 64.4. The molecule has 0 aromatic heterocycles. The van der Waals surface area contributed by atoms with E-state index in [1.54, 1.807) is 0 Å². The molecule has 1 rings (SSSR count). The zero-order valence-electron chi connectivity index (χ0n) is 44.4. The number of hydrogen-bond donors (Lipinski definition) is 6. The average Bonchev–Trinajstić information content (AvgIpc) is 3.34. The van der Waals surface area contributed by atoms with Gasteiger partial charge in [-0.1, -0.05) is 262 Å². The van der Waals surface area contributed by atoms with Crippen LogP contribution in [0.4, 0.5) is 0 Å². The number of unbranched alkanes of at least 4 members (excludes halogenated alkanes) is 34. The predicted octanol–water partition coefficient (Wildman–Crippen LogP) is 14.4. The van der Waals surface area contributed by atoms with E-state index >= 15 is 0 Å². The fourth-order valence-electron chi connectivity index (χ4n) is 9.41. The highest BCUT2D eigenvalue weighted by molar-refractivity contribution is 5.76. The van der Waals surface area contributed by atoms with E-state index < -0.39 is 49.5 Å². The average molecular weight is 963 g/mol. The van der Waals surface area contributed by atoms with Crippen molar-refractivity contribution in [3.05, 3.63) is 36.5 Å². The minimum atomic E-state index is -1.56. The molecule has 9 heteroatoms. The summed E-state index contributed by atoms with van der Waals surface area (Å²) in [5.41, 5.74) is 0. The van der Waals surface area contributed by atoms with Crippen molar-refractivity contribution in [2.45, 2.75) is 320 Å². The smallest absolute Gasteiger partial charge is 0.220 e. The molecule has 0 radical (unpaired) electrons. The summed E-state index contributed by atoms with van der Waals surface area (Å²) in [6.07, 6.45) is 56.1. The highest BCUT2D eigenvalue weighted by Crippen LogP contribution is 2.23. The number of hydrogen-bond acceptors (Lipinski definition) is 8. The number of ether oxygens (including phenoxy) is 2. The monoisotopic (exact) mass is 962 g/mol. The number of aliphatic hydroxyl groups excluding tert-OH is 5. The molecular weight excluding hydrogens is 851 g/mol. The molecular formula is C59H111NO8. The van der Waals surface area contributed by atoms with Gasteiger partial charge in [-0.3, -0.25) is 4.79 Å². The Labute approximate surface area is 419 Å². The fourth-order valence-corrected chi connectivity index (χ4v) is 9.41. The van der Waals surface area contributed by atoms with E-state index in [0.717, 1.165) is 70.6 Å². The number of aliphatic hydroxyl groups is 5. The summed E-state index contributed by atoms with van der Waals surface area (Å²) in [4.78, 5) is 13.1. The molecule has 1 heterocycles. The maximum atomic E-state index is 13.1. The van der Waals surface area contributed by atoms with Gasteiger partial charge in [-0.05, 0) is 44.9 Å². The third-order valence-corrected chi connectivity index (χ3v) is 14.0. The minimum Gasteiger partial charge on any atom is -0.394 e. The second-order valence-corrected chi connectivity index (χ2v) is 20.4. The van der Waals surface area contributed by atoms with Gasteiger partial charge in [-0.15, -0.1) is 0 Å². The first-order chi connectivity index (χ1) is 33.3. The van der Waals surface area contributed by atoms with E-state index in [2.05, 4.69) is 55.6 Å². The van der Waals surface area contributed by atoms with Gasteiger partial charge in [0.1, 0.15) is 24.4 Å². The summed E-state index contributed by atoms with van der Waals surface area (Å²) >= 11 is 0. The van der Waals surface area contributed by atoms with Crippen molar-refractivity contribution < 1.29 is 39.8 Å². The second kappa shape index (κ2) is 49.0. The summed E-state index contributed by atoms with van der Waals surface area (Å²) in [5.74, 6) is -0.152. The molecule has 0 spiro atoms. The Hall–Kier alpha value is -1.59. The van der Waals surface area contributed by atoms with Crippen molar-refractivity contribution >= 4 is 5.91 Å². The molecule has 1 fully saturated rings. The molecule has 0 aromatic carbocycles. The lowest BCUT2D eigenvalue weighted by atomic mass is 9.99. The van der Waals surface area contributed by atoms with Crippen LogP contribution in [0.25, 0.3) is 0 Å². The minimum absolute atomic E-state index is 0.141. The number of allylic oxidation sites excluding steroid dienone is 6. The maximum Gasteiger partial charge on any atom is 0.220 e. The van der Waals surface area contributed by atoms with Crippen molar-refractivity contribution in [2.24, 2.45) is 0 Å². The van der Waals surface area contributed by atoms with Gasteiger partial charge in [-0.2, -0.15) is 0 Å². The molecule has 1 aliphatic heterocycles. The summed E-state index contributed by atoms with van der Waals surface area (Å²) in [6, 6.07) is -0.725. The van der Waals surface area contributed by atoms with Gasteiger partial charge in [0, 0.05) is 6.42 Å². The van der Waals surface area contributed by atoms with Crippen LogP contribution in [-0.2, 0) is 14.3 Å². The Balaban J connectivity index is 2.17. The molecule has 0 saturated carbocycles. The second-order valence-electron chi connectivity index (χ2n) is 20.4. The Kier molecular flexibility index (Phi) is 46.4. The van der Waals surface area contributed by atoms with Crippen LogP contribution < -0.4 is 5.32 Å². The highest BCUT2D eigenvalue weighted by Gasteiger charge is 2.44. The standard InChI is InChI=1S/C59H111NO8/c1-3-5-7-9-11-13-15-17-19-21-22-23-24-25-26-27-28-29-30-31-33-34-36-38-40-42-44-46-48-53(62)52(51-67-59-58(66)57(65)56(64)54(50-61)68-59)60-55(63)49-47-45-43-41-39-37-35-32-20-18-16-14-12-10-8-6-4-2/h6,8,12,14,18,20,52-54,56-59,61-62,64-66H,3-5,7,9-11,13,15-17,19,21-51H2,1-2H3,(H,60,63)/b8-6-,14-12-,20-18-. The summed E-state index contributed by atoms with van der Waals surface area (Å²) < 4.78 is 11.3. The van der Waals surface area contributed by atoms with Crippen molar-refractivity contribution in [1.82, 2.24) is 5.32 Å². The summed E-state index contributed by atoms with van der Waals surface area (Å²) in [7, 11) is 0. The number of carbonyl (C=O) groups excluding carboxylic acids is 1. The normalized spacial score (nSPS) is 19.8. The van der Waals surface area contributed by atoms with Crippen LogP contribution in [0.15, 0.2) is 36.5 Å².